The molecule has 21 heavy (non-hydrogen) atoms. The molecule has 0 bridgehead atoms. The van der Waals surface area contributed by atoms with E-state index in [0.717, 1.165) is 29.7 Å². The van der Waals surface area contributed by atoms with Crippen LogP contribution in [0.15, 0.2) is 0 Å². The molecule has 0 radical (unpaired) electrons. The van der Waals surface area contributed by atoms with Crippen molar-refractivity contribution in [3.8, 4) is 0 Å². The number of hydrogen-bond acceptors (Lipinski definition) is 4. The predicted octanol–water partition coefficient (Wildman–Crippen LogP) is 4.31. The standard InChI is InChI=1S/C14H17F3N2OS/c1-2-8(20)11-10(18)9(7-3-4-7)12(21-11)19-13(5-6-13)14(15,16)17/h7,19H,2-6,18H2,1H3. The zero-order valence-corrected chi connectivity index (χ0v) is 12.5. The SMILES string of the molecule is CCC(=O)c1sc(NC2(C(F)(F)F)CC2)c(C2CC2)c1N. The van der Waals surface area contributed by atoms with Crippen molar-refractivity contribution < 1.29 is 18.0 Å². The Labute approximate surface area is 124 Å². The number of rotatable bonds is 5. The lowest BCUT2D eigenvalue weighted by Crippen LogP contribution is -2.38. The second kappa shape index (κ2) is 4.63. The molecule has 116 valence electrons. The van der Waals surface area contributed by atoms with Crippen LogP contribution in [-0.4, -0.2) is 17.5 Å². The Hall–Kier alpha value is -1.24. The van der Waals surface area contributed by atoms with Crippen molar-refractivity contribution >= 4 is 27.8 Å². The maximum Gasteiger partial charge on any atom is 0.411 e. The molecule has 0 atom stereocenters. The Bertz CT molecular complexity index is 586. The minimum absolute atomic E-state index is 0.0788. The summed E-state index contributed by atoms with van der Waals surface area (Å²) < 4.78 is 39.3. The van der Waals surface area contributed by atoms with Crippen molar-refractivity contribution in [3.63, 3.8) is 0 Å². The highest BCUT2D eigenvalue weighted by atomic mass is 32.1. The number of alkyl halides is 3. The monoisotopic (exact) mass is 318 g/mol. The van der Waals surface area contributed by atoms with E-state index in [-0.39, 0.29) is 24.5 Å². The van der Waals surface area contributed by atoms with E-state index in [1.807, 2.05) is 0 Å². The molecule has 7 heteroatoms. The molecule has 0 spiro atoms. The first-order valence-corrected chi connectivity index (χ1v) is 7.91. The smallest absolute Gasteiger partial charge is 0.397 e. The van der Waals surface area contributed by atoms with Crippen LogP contribution in [0.1, 0.15) is 60.2 Å². The molecular weight excluding hydrogens is 301 g/mol. The molecule has 1 aromatic heterocycles. The molecule has 2 aliphatic rings. The van der Waals surface area contributed by atoms with Crippen LogP contribution in [0.4, 0.5) is 23.9 Å². The molecule has 0 saturated heterocycles. The topological polar surface area (TPSA) is 55.1 Å². The van der Waals surface area contributed by atoms with Crippen LogP contribution in [0, 0.1) is 0 Å². The molecule has 2 saturated carbocycles. The number of nitrogen functional groups attached to an aromatic ring is 1. The fourth-order valence-electron chi connectivity index (χ4n) is 2.52. The van der Waals surface area contributed by atoms with Gasteiger partial charge in [-0.05, 0) is 31.6 Å². The molecular formula is C14H17F3N2OS. The third-order valence-electron chi connectivity index (χ3n) is 4.19. The molecule has 2 fully saturated rings. The van der Waals surface area contributed by atoms with Gasteiger partial charge in [-0.15, -0.1) is 11.3 Å². The summed E-state index contributed by atoms with van der Waals surface area (Å²) in [6.07, 6.45) is -1.96. The number of nitrogens with one attached hydrogen (secondary N) is 1. The molecule has 1 aromatic rings. The van der Waals surface area contributed by atoms with Gasteiger partial charge in [-0.25, -0.2) is 0 Å². The summed E-state index contributed by atoms with van der Waals surface area (Å²) in [4.78, 5) is 12.3. The highest BCUT2D eigenvalue weighted by Gasteiger charge is 2.64. The fourth-order valence-corrected chi connectivity index (χ4v) is 3.83. The number of carbonyl (C=O) groups excluding carboxylic acids is 1. The third kappa shape index (κ3) is 2.41. The second-order valence-electron chi connectivity index (χ2n) is 5.84. The van der Waals surface area contributed by atoms with Gasteiger partial charge in [-0.1, -0.05) is 6.92 Å². The van der Waals surface area contributed by atoms with Gasteiger partial charge < -0.3 is 11.1 Å². The molecule has 3 nitrogen and oxygen atoms in total. The Kier molecular flexibility index (Phi) is 3.24. The van der Waals surface area contributed by atoms with Crippen molar-refractivity contribution in [3.05, 3.63) is 10.4 Å². The Balaban J connectivity index is 1.97. The normalized spacial score (nSPS) is 20.4. The number of carbonyl (C=O) groups is 1. The van der Waals surface area contributed by atoms with E-state index < -0.39 is 11.7 Å². The van der Waals surface area contributed by atoms with E-state index in [4.69, 9.17) is 5.73 Å². The first-order chi connectivity index (χ1) is 9.79. The van der Waals surface area contributed by atoms with Gasteiger partial charge in [0.15, 0.2) is 5.78 Å². The summed E-state index contributed by atoms with van der Waals surface area (Å²) in [5.41, 5.74) is 5.33. The van der Waals surface area contributed by atoms with Crippen LogP contribution in [0.5, 0.6) is 0 Å². The minimum atomic E-state index is -4.28. The van der Waals surface area contributed by atoms with E-state index in [1.165, 1.54) is 0 Å². The molecule has 3 rings (SSSR count). The van der Waals surface area contributed by atoms with Crippen molar-refractivity contribution in [2.24, 2.45) is 0 Å². The van der Waals surface area contributed by atoms with Gasteiger partial charge in [0.05, 0.1) is 15.6 Å². The largest absolute Gasteiger partial charge is 0.411 e. The number of Topliss-reactive ketones (excluding diaryl/α,β-unsaturated/α-hetero) is 1. The van der Waals surface area contributed by atoms with Crippen LogP contribution in [0.2, 0.25) is 0 Å². The van der Waals surface area contributed by atoms with E-state index >= 15 is 0 Å². The van der Waals surface area contributed by atoms with Gasteiger partial charge in [0.2, 0.25) is 0 Å². The predicted molar refractivity (Wildman–Crippen MR) is 77.0 cm³/mol. The Morgan fingerprint density at radius 2 is 2.05 bits per heavy atom. The zero-order valence-electron chi connectivity index (χ0n) is 11.6. The third-order valence-corrected chi connectivity index (χ3v) is 5.37. The maximum absolute atomic E-state index is 13.1. The van der Waals surface area contributed by atoms with Gasteiger partial charge in [0, 0.05) is 12.0 Å². The average molecular weight is 318 g/mol. The Morgan fingerprint density at radius 1 is 1.43 bits per heavy atom. The number of thiophene rings is 1. The molecule has 1 heterocycles. The van der Waals surface area contributed by atoms with Crippen LogP contribution >= 0.6 is 11.3 Å². The van der Waals surface area contributed by atoms with Gasteiger partial charge >= 0.3 is 6.18 Å². The summed E-state index contributed by atoms with van der Waals surface area (Å²) in [6.45, 7) is 1.73. The summed E-state index contributed by atoms with van der Waals surface area (Å²) in [5, 5.41) is 3.11. The maximum atomic E-state index is 13.1. The van der Waals surface area contributed by atoms with E-state index in [1.54, 1.807) is 6.92 Å². The van der Waals surface area contributed by atoms with Crippen LogP contribution in [0.25, 0.3) is 0 Å². The number of halogens is 3. The van der Waals surface area contributed by atoms with Gasteiger partial charge in [0.1, 0.15) is 5.54 Å². The first-order valence-electron chi connectivity index (χ1n) is 7.09. The minimum Gasteiger partial charge on any atom is -0.397 e. The van der Waals surface area contributed by atoms with E-state index in [2.05, 4.69) is 5.32 Å². The fraction of sp³-hybridized carbons (Fsp3) is 0.643. The Morgan fingerprint density at radius 3 is 2.48 bits per heavy atom. The van der Waals surface area contributed by atoms with Gasteiger partial charge in [-0.3, -0.25) is 4.79 Å². The van der Waals surface area contributed by atoms with E-state index in [0.29, 0.717) is 22.0 Å². The summed E-state index contributed by atoms with van der Waals surface area (Å²) in [7, 11) is 0. The van der Waals surface area contributed by atoms with Crippen molar-refractivity contribution in [2.75, 3.05) is 11.1 Å². The highest BCUT2D eigenvalue weighted by Crippen LogP contribution is 2.56. The molecule has 3 N–H and O–H groups in total. The van der Waals surface area contributed by atoms with Gasteiger partial charge in [0.25, 0.3) is 0 Å². The van der Waals surface area contributed by atoms with Crippen molar-refractivity contribution in [2.45, 2.75) is 56.7 Å². The number of anilines is 2. The number of ketones is 1. The first kappa shape index (κ1) is 14.7. The van der Waals surface area contributed by atoms with Crippen molar-refractivity contribution in [1.82, 2.24) is 0 Å². The molecule has 0 aromatic carbocycles. The van der Waals surface area contributed by atoms with Crippen molar-refractivity contribution in [1.29, 1.82) is 0 Å². The quantitative estimate of drug-likeness (QED) is 0.796. The summed E-state index contributed by atoms with van der Waals surface area (Å²) in [6, 6.07) is 0. The van der Waals surface area contributed by atoms with Gasteiger partial charge in [-0.2, -0.15) is 13.2 Å². The van der Waals surface area contributed by atoms with Crippen LogP contribution in [-0.2, 0) is 0 Å². The lowest BCUT2D eigenvalue weighted by Gasteiger charge is -2.21. The molecule has 2 aliphatic carbocycles. The zero-order chi connectivity index (χ0) is 15.4. The van der Waals surface area contributed by atoms with Crippen LogP contribution < -0.4 is 11.1 Å². The average Bonchev–Trinajstić information content (AvgIpc) is 3.29. The second-order valence-corrected chi connectivity index (χ2v) is 6.86. The summed E-state index contributed by atoms with van der Waals surface area (Å²) in [5.74, 6) is 0.0931. The van der Waals surface area contributed by atoms with Crippen LogP contribution in [0.3, 0.4) is 0 Å². The molecule has 0 aliphatic heterocycles. The molecule has 0 unspecified atom stereocenters. The lowest BCUT2D eigenvalue weighted by molar-refractivity contribution is -0.151. The van der Waals surface area contributed by atoms with E-state index in [9.17, 15) is 18.0 Å². The lowest BCUT2D eigenvalue weighted by atomic mass is 10.1. The molecule has 0 amide bonds. The summed E-state index contributed by atoms with van der Waals surface area (Å²) >= 11 is 1.08. The number of nitrogens with two attached hydrogens (primary N) is 1. The highest BCUT2D eigenvalue weighted by molar-refractivity contribution is 7.18. The number of hydrogen-bond donors (Lipinski definition) is 2.